The largest absolute Gasteiger partial charge is 0.481 e. The van der Waals surface area contributed by atoms with E-state index in [2.05, 4.69) is 28.3 Å². The Morgan fingerprint density at radius 1 is 1.00 bits per heavy atom. The number of hydrogen-bond acceptors (Lipinski definition) is 15. The van der Waals surface area contributed by atoms with E-state index in [1.165, 1.54) is 10.9 Å². The molecule has 0 aromatic carbocycles. The molecule has 0 bridgehead atoms. The number of imidazole rings is 1. The van der Waals surface area contributed by atoms with Crippen molar-refractivity contribution in [2.75, 3.05) is 25.6 Å². The molecule has 0 radical (unpaired) electrons. The second-order valence-electron chi connectivity index (χ2n) is 7.67. The van der Waals surface area contributed by atoms with E-state index in [9.17, 15) is 39.3 Å². The predicted molar refractivity (Wildman–Crippen MR) is 110 cm³/mol. The SMILES string of the molecule is Nc1ncnc2c1ncn2C1OC(COP(=O)(O)OP(=O)(O)OCC2OCC(O)C2O)C(O)C1O. The van der Waals surface area contributed by atoms with Crippen molar-refractivity contribution in [1.82, 2.24) is 19.5 Å². The smallest absolute Gasteiger partial charge is 0.388 e. The molecule has 2 aliphatic heterocycles. The van der Waals surface area contributed by atoms with Gasteiger partial charge in [0.25, 0.3) is 0 Å². The molecule has 20 heteroatoms. The lowest BCUT2D eigenvalue weighted by Crippen LogP contribution is -2.33. The number of nitrogen functional groups attached to an aromatic ring is 1. The van der Waals surface area contributed by atoms with Gasteiger partial charge in [-0.15, -0.1) is 0 Å². The van der Waals surface area contributed by atoms with Crippen LogP contribution in [0, 0.1) is 0 Å². The van der Waals surface area contributed by atoms with Crippen LogP contribution in [0.3, 0.4) is 0 Å². The molecule has 9 unspecified atom stereocenters. The van der Waals surface area contributed by atoms with Gasteiger partial charge < -0.3 is 45.4 Å². The lowest BCUT2D eigenvalue weighted by molar-refractivity contribution is -0.0506. The van der Waals surface area contributed by atoms with Crippen molar-refractivity contribution >= 4 is 32.6 Å². The lowest BCUT2D eigenvalue weighted by atomic mass is 10.1. The summed E-state index contributed by atoms with van der Waals surface area (Å²) in [5, 5.41) is 39.7. The standard InChI is InChI=1S/C15H23N5O13P2/c16-13-9-14(18-4-17-13)20(5-19-9)15-12(24)11(23)8(32-15)3-31-35(27,28)33-34(25,26)30-2-7-10(22)6(21)1-29-7/h4-8,10-12,15,21-24H,1-3H2,(H,25,26)(H,27,28)(H2,16,17,18). The molecular formula is C15H23N5O13P2. The zero-order chi connectivity index (χ0) is 25.5. The van der Waals surface area contributed by atoms with Gasteiger partial charge in [0.2, 0.25) is 0 Å². The van der Waals surface area contributed by atoms with Crippen molar-refractivity contribution in [1.29, 1.82) is 0 Å². The predicted octanol–water partition coefficient (Wildman–Crippen LogP) is -2.60. The molecule has 0 aliphatic carbocycles. The van der Waals surface area contributed by atoms with Gasteiger partial charge in [-0.05, 0) is 0 Å². The summed E-state index contributed by atoms with van der Waals surface area (Å²) in [6.45, 7) is -1.82. The van der Waals surface area contributed by atoms with E-state index in [4.69, 9.17) is 15.2 Å². The van der Waals surface area contributed by atoms with Gasteiger partial charge in [0.1, 0.15) is 48.5 Å². The Kier molecular flexibility index (Phi) is 7.57. The Bertz CT molecular complexity index is 1150. The average Bonchev–Trinajstić information content (AvgIpc) is 3.43. The van der Waals surface area contributed by atoms with Crippen molar-refractivity contribution in [3.05, 3.63) is 12.7 Å². The number of ether oxygens (including phenoxy) is 2. The Morgan fingerprint density at radius 3 is 2.29 bits per heavy atom. The highest BCUT2D eigenvalue weighted by Crippen LogP contribution is 2.60. The van der Waals surface area contributed by atoms with Crippen LogP contribution in [0.4, 0.5) is 5.82 Å². The lowest BCUT2D eigenvalue weighted by Gasteiger charge is -2.20. The zero-order valence-electron chi connectivity index (χ0n) is 17.6. The first-order chi connectivity index (χ1) is 16.4. The van der Waals surface area contributed by atoms with Crippen LogP contribution < -0.4 is 5.73 Å². The Balaban J connectivity index is 1.34. The van der Waals surface area contributed by atoms with Crippen molar-refractivity contribution in [2.45, 2.75) is 42.9 Å². The number of hydrogen-bond donors (Lipinski definition) is 7. The van der Waals surface area contributed by atoms with Crippen LogP contribution in [0.5, 0.6) is 0 Å². The minimum absolute atomic E-state index is 0.0702. The number of anilines is 1. The number of nitrogens with zero attached hydrogens (tertiary/aromatic N) is 4. The van der Waals surface area contributed by atoms with Gasteiger partial charge in [-0.25, -0.2) is 24.1 Å². The number of phosphoric ester groups is 2. The highest BCUT2D eigenvalue weighted by molar-refractivity contribution is 7.61. The summed E-state index contributed by atoms with van der Waals surface area (Å²) in [4.78, 5) is 31.3. The first kappa shape index (κ1) is 26.4. The first-order valence-electron chi connectivity index (χ1n) is 9.97. The third kappa shape index (κ3) is 5.70. The Labute approximate surface area is 196 Å². The summed E-state index contributed by atoms with van der Waals surface area (Å²) in [5.41, 5.74) is 6.12. The average molecular weight is 543 g/mol. The van der Waals surface area contributed by atoms with Crippen LogP contribution in [0.25, 0.3) is 11.2 Å². The van der Waals surface area contributed by atoms with E-state index in [0.29, 0.717) is 0 Å². The summed E-state index contributed by atoms with van der Waals surface area (Å²) in [6, 6.07) is 0. The maximum Gasteiger partial charge on any atom is 0.481 e. The highest BCUT2D eigenvalue weighted by Gasteiger charge is 2.46. The molecular weight excluding hydrogens is 520 g/mol. The summed E-state index contributed by atoms with van der Waals surface area (Å²) in [7, 11) is -10.4. The highest BCUT2D eigenvalue weighted by atomic mass is 31.3. The Morgan fingerprint density at radius 2 is 1.66 bits per heavy atom. The second-order valence-corrected chi connectivity index (χ2v) is 10.7. The third-order valence-corrected chi connectivity index (χ3v) is 7.87. The van der Waals surface area contributed by atoms with Crippen LogP contribution in [0.2, 0.25) is 0 Å². The molecule has 2 aromatic rings. The van der Waals surface area contributed by atoms with Crippen LogP contribution in [-0.4, -0.2) is 106 Å². The summed E-state index contributed by atoms with van der Waals surface area (Å²) in [5.74, 6) is 0.0702. The van der Waals surface area contributed by atoms with E-state index in [1.54, 1.807) is 0 Å². The monoisotopic (exact) mass is 543 g/mol. The first-order valence-corrected chi connectivity index (χ1v) is 13.0. The molecule has 4 rings (SSSR count). The van der Waals surface area contributed by atoms with Gasteiger partial charge in [0.15, 0.2) is 17.7 Å². The zero-order valence-corrected chi connectivity index (χ0v) is 19.4. The van der Waals surface area contributed by atoms with Crippen LogP contribution >= 0.6 is 15.6 Å². The number of fused-ring (bicyclic) bond motifs is 1. The molecule has 2 aliphatic rings. The molecule has 35 heavy (non-hydrogen) atoms. The topological polar surface area (TPSA) is 271 Å². The molecule has 2 fully saturated rings. The van der Waals surface area contributed by atoms with Gasteiger partial charge in [0, 0.05) is 0 Å². The number of aliphatic hydroxyl groups excluding tert-OH is 4. The number of aromatic nitrogens is 4. The summed E-state index contributed by atoms with van der Waals surface area (Å²) in [6.07, 6.45) is -7.17. The van der Waals surface area contributed by atoms with E-state index >= 15 is 0 Å². The van der Waals surface area contributed by atoms with Crippen molar-refractivity contribution in [3.63, 3.8) is 0 Å². The van der Waals surface area contributed by atoms with Crippen LogP contribution in [-0.2, 0) is 32.0 Å². The van der Waals surface area contributed by atoms with E-state index in [-0.39, 0.29) is 23.6 Å². The molecule has 0 amide bonds. The molecule has 196 valence electrons. The van der Waals surface area contributed by atoms with E-state index < -0.39 is 71.7 Å². The summed E-state index contributed by atoms with van der Waals surface area (Å²) < 4.78 is 49.2. The molecule has 2 saturated heterocycles. The Hall–Kier alpha value is -1.63. The maximum atomic E-state index is 12.1. The van der Waals surface area contributed by atoms with Crippen molar-refractivity contribution in [3.8, 4) is 0 Å². The fourth-order valence-corrected chi connectivity index (χ4v) is 5.57. The van der Waals surface area contributed by atoms with E-state index in [1.807, 2.05) is 0 Å². The van der Waals surface area contributed by atoms with Crippen molar-refractivity contribution in [2.24, 2.45) is 0 Å². The maximum absolute atomic E-state index is 12.1. The number of aliphatic hydroxyl groups is 4. The minimum atomic E-state index is -5.25. The number of nitrogens with two attached hydrogens (primary N) is 1. The molecule has 0 spiro atoms. The van der Waals surface area contributed by atoms with Crippen molar-refractivity contribution < 1.29 is 62.2 Å². The van der Waals surface area contributed by atoms with E-state index in [0.717, 1.165) is 6.33 Å². The van der Waals surface area contributed by atoms with Gasteiger partial charge in [-0.2, -0.15) is 4.31 Å². The summed E-state index contributed by atoms with van der Waals surface area (Å²) >= 11 is 0. The van der Waals surface area contributed by atoms with Crippen LogP contribution in [0.15, 0.2) is 12.7 Å². The fraction of sp³-hybridized carbons (Fsp3) is 0.667. The third-order valence-electron chi connectivity index (χ3n) is 5.26. The molecule has 18 nitrogen and oxygen atoms in total. The fourth-order valence-electron chi connectivity index (χ4n) is 3.48. The molecule has 9 atom stereocenters. The van der Waals surface area contributed by atoms with Gasteiger partial charge in [0.05, 0.1) is 26.1 Å². The van der Waals surface area contributed by atoms with Crippen LogP contribution in [0.1, 0.15) is 6.23 Å². The van der Waals surface area contributed by atoms with Gasteiger partial charge in [-0.3, -0.25) is 13.6 Å². The quantitative estimate of drug-likeness (QED) is 0.160. The molecule has 2 aromatic heterocycles. The number of phosphoric acid groups is 2. The molecule has 4 heterocycles. The molecule has 8 N–H and O–H groups in total. The normalized spacial score (nSPS) is 34.7. The van der Waals surface area contributed by atoms with Gasteiger partial charge >= 0.3 is 15.6 Å². The number of rotatable bonds is 9. The minimum Gasteiger partial charge on any atom is -0.388 e. The second kappa shape index (κ2) is 10.0. The van der Waals surface area contributed by atoms with Gasteiger partial charge in [-0.1, -0.05) is 0 Å². The molecule has 0 saturated carbocycles.